The molecule has 0 aromatic heterocycles. The largest absolute Gasteiger partial charge is 0.303 e. The van der Waals surface area contributed by atoms with E-state index in [1.54, 1.807) is 0 Å². The lowest BCUT2D eigenvalue weighted by atomic mass is 10.2. The standard InChI is InChI=1S/C15H22N2O/c18-13-5-4-8-16-9-11-17(12-10-16)14-15-6-2-1-3-7-15/h1-3,6-7,13H,4-5,8-12,14H2. The molecule has 1 fully saturated rings. The third-order valence-electron chi connectivity index (χ3n) is 3.51. The number of carbonyl (C=O) groups excluding carboxylic acids is 1. The van der Waals surface area contributed by atoms with Crippen LogP contribution in [0.3, 0.4) is 0 Å². The van der Waals surface area contributed by atoms with Gasteiger partial charge < -0.3 is 9.69 Å². The Morgan fingerprint density at radius 3 is 2.33 bits per heavy atom. The van der Waals surface area contributed by atoms with Crippen LogP contribution in [0.5, 0.6) is 0 Å². The van der Waals surface area contributed by atoms with Gasteiger partial charge in [0, 0.05) is 39.1 Å². The van der Waals surface area contributed by atoms with Gasteiger partial charge >= 0.3 is 0 Å². The number of nitrogens with zero attached hydrogens (tertiary/aromatic N) is 2. The second-order valence-corrected chi connectivity index (χ2v) is 4.91. The summed E-state index contributed by atoms with van der Waals surface area (Å²) in [6.45, 7) is 6.66. The van der Waals surface area contributed by atoms with Gasteiger partial charge in [0.25, 0.3) is 0 Å². The molecule has 2 rings (SSSR count). The number of rotatable bonds is 6. The molecule has 0 saturated carbocycles. The molecule has 18 heavy (non-hydrogen) atoms. The summed E-state index contributed by atoms with van der Waals surface area (Å²) < 4.78 is 0. The van der Waals surface area contributed by atoms with Crippen LogP contribution in [0.25, 0.3) is 0 Å². The lowest BCUT2D eigenvalue weighted by molar-refractivity contribution is -0.108. The zero-order valence-electron chi connectivity index (χ0n) is 10.9. The van der Waals surface area contributed by atoms with Gasteiger partial charge in [0.15, 0.2) is 0 Å². The van der Waals surface area contributed by atoms with Gasteiger partial charge in [-0.15, -0.1) is 0 Å². The first-order valence-corrected chi connectivity index (χ1v) is 6.81. The van der Waals surface area contributed by atoms with Crippen molar-refractivity contribution in [2.24, 2.45) is 0 Å². The molecular formula is C15H22N2O. The van der Waals surface area contributed by atoms with Crippen molar-refractivity contribution >= 4 is 6.29 Å². The molecule has 1 heterocycles. The van der Waals surface area contributed by atoms with Gasteiger partial charge in [-0.05, 0) is 18.5 Å². The Morgan fingerprint density at radius 2 is 1.67 bits per heavy atom. The van der Waals surface area contributed by atoms with Crippen molar-refractivity contribution in [3.8, 4) is 0 Å². The second kappa shape index (κ2) is 7.29. The van der Waals surface area contributed by atoms with Crippen LogP contribution in [0.2, 0.25) is 0 Å². The molecule has 0 aliphatic carbocycles. The fraction of sp³-hybridized carbons (Fsp3) is 0.533. The average Bonchev–Trinajstić information content (AvgIpc) is 2.42. The molecule has 0 unspecified atom stereocenters. The van der Waals surface area contributed by atoms with Gasteiger partial charge in [-0.25, -0.2) is 0 Å². The van der Waals surface area contributed by atoms with E-state index >= 15 is 0 Å². The van der Waals surface area contributed by atoms with E-state index in [9.17, 15) is 4.79 Å². The normalized spacial score (nSPS) is 17.8. The van der Waals surface area contributed by atoms with Crippen molar-refractivity contribution in [1.82, 2.24) is 9.80 Å². The first-order chi connectivity index (χ1) is 8.88. The van der Waals surface area contributed by atoms with Crippen LogP contribution in [0.1, 0.15) is 18.4 Å². The molecule has 0 amide bonds. The predicted molar refractivity (Wildman–Crippen MR) is 73.5 cm³/mol. The van der Waals surface area contributed by atoms with Gasteiger partial charge in [-0.2, -0.15) is 0 Å². The van der Waals surface area contributed by atoms with Crippen molar-refractivity contribution in [3.63, 3.8) is 0 Å². The minimum Gasteiger partial charge on any atom is -0.303 e. The summed E-state index contributed by atoms with van der Waals surface area (Å²) in [5, 5.41) is 0. The second-order valence-electron chi connectivity index (χ2n) is 4.91. The van der Waals surface area contributed by atoms with Crippen LogP contribution < -0.4 is 0 Å². The maximum Gasteiger partial charge on any atom is 0.120 e. The van der Waals surface area contributed by atoms with E-state index in [-0.39, 0.29) is 0 Å². The van der Waals surface area contributed by atoms with Crippen LogP contribution in [0, 0.1) is 0 Å². The van der Waals surface area contributed by atoms with Crippen LogP contribution in [0.4, 0.5) is 0 Å². The number of aldehydes is 1. The Morgan fingerprint density at radius 1 is 1.00 bits per heavy atom. The van der Waals surface area contributed by atoms with Crippen molar-refractivity contribution in [3.05, 3.63) is 35.9 Å². The molecule has 1 aliphatic heterocycles. The summed E-state index contributed by atoms with van der Waals surface area (Å²) in [5.41, 5.74) is 1.40. The van der Waals surface area contributed by atoms with Crippen molar-refractivity contribution in [2.45, 2.75) is 19.4 Å². The Hall–Kier alpha value is -1.19. The molecule has 0 spiro atoms. The first kappa shape index (κ1) is 13.2. The summed E-state index contributed by atoms with van der Waals surface area (Å²) in [6.07, 6.45) is 2.72. The summed E-state index contributed by atoms with van der Waals surface area (Å²) in [4.78, 5) is 15.2. The number of hydrogen-bond acceptors (Lipinski definition) is 3. The summed E-state index contributed by atoms with van der Waals surface area (Å²) >= 11 is 0. The molecule has 0 bridgehead atoms. The monoisotopic (exact) mass is 246 g/mol. The summed E-state index contributed by atoms with van der Waals surface area (Å²) in [7, 11) is 0. The Kier molecular flexibility index (Phi) is 5.36. The minimum absolute atomic E-state index is 0.699. The van der Waals surface area contributed by atoms with E-state index in [1.165, 1.54) is 5.56 Å². The third-order valence-corrected chi connectivity index (χ3v) is 3.51. The van der Waals surface area contributed by atoms with E-state index in [0.717, 1.165) is 52.0 Å². The molecule has 0 atom stereocenters. The molecule has 0 radical (unpaired) electrons. The number of benzene rings is 1. The number of unbranched alkanes of at least 4 members (excludes halogenated alkanes) is 1. The molecule has 1 aliphatic rings. The Balaban J connectivity index is 1.68. The van der Waals surface area contributed by atoms with Crippen molar-refractivity contribution in [2.75, 3.05) is 32.7 Å². The van der Waals surface area contributed by atoms with Crippen molar-refractivity contribution < 1.29 is 4.79 Å². The van der Waals surface area contributed by atoms with E-state index in [4.69, 9.17) is 0 Å². The van der Waals surface area contributed by atoms with Gasteiger partial charge in [0.05, 0.1) is 0 Å². The molecule has 1 aromatic rings. The van der Waals surface area contributed by atoms with E-state index in [1.807, 2.05) is 0 Å². The van der Waals surface area contributed by atoms with Gasteiger partial charge in [-0.3, -0.25) is 4.90 Å². The quantitative estimate of drug-likeness (QED) is 0.565. The highest BCUT2D eigenvalue weighted by Crippen LogP contribution is 2.08. The fourth-order valence-electron chi connectivity index (χ4n) is 2.41. The lowest BCUT2D eigenvalue weighted by Crippen LogP contribution is -2.46. The smallest absolute Gasteiger partial charge is 0.120 e. The molecule has 98 valence electrons. The molecule has 1 saturated heterocycles. The van der Waals surface area contributed by atoms with Gasteiger partial charge in [0.1, 0.15) is 6.29 Å². The maximum absolute atomic E-state index is 10.3. The van der Waals surface area contributed by atoms with Crippen LogP contribution in [-0.2, 0) is 11.3 Å². The molecule has 3 nitrogen and oxygen atoms in total. The van der Waals surface area contributed by atoms with Gasteiger partial charge in [-0.1, -0.05) is 30.3 Å². The third kappa shape index (κ3) is 4.24. The van der Waals surface area contributed by atoms with E-state index < -0.39 is 0 Å². The topological polar surface area (TPSA) is 23.6 Å². The van der Waals surface area contributed by atoms with E-state index in [2.05, 4.69) is 40.1 Å². The summed E-state index contributed by atoms with van der Waals surface area (Å²) in [5.74, 6) is 0. The maximum atomic E-state index is 10.3. The number of hydrogen-bond donors (Lipinski definition) is 0. The zero-order chi connectivity index (χ0) is 12.6. The van der Waals surface area contributed by atoms with Crippen LogP contribution >= 0.6 is 0 Å². The first-order valence-electron chi connectivity index (χ1n) is 6.81. The highest BCUT2D eigenvalue weighted by molar-refractivity contribution is 5.48. The molecule has 0 N–H and O–H groups in total. The Bertz CT molecular complexity index is 345. The van der Waals surface area contributed by atoms with E-state index in [0.29, 0.717) is 6.42 Å². The van der Waals surface area contributed by atoms with Gasteiger partial charge in [0.2, 0.25) is 0 Å². The SMILES string of the molecule is O=CCCCN1CCN(Cc2ccccc2)CC1. The molecule has 3 heteroatoms. The average molecular weight is 246 g/mol. The number of piperazine rings is 1. The molecular weight excluding hydrogens is 224 g/mol. The molecule has 1 aromatic carbocycles. The van der Waals surface area contributed by atoms with Crippen LogP contribution in [0.15, 0.2) is 30.3 Å². The Labute approximate surface area is 109 Å². The summed E-state index contributed by atoms with van der Waals surface area (Å²) in [6, 6.07) is 10.7. The van der Waals surface area contributed by atoms with Crippen LogP contribution in [-0.4, -0.2) is 48.8 Å². The predicted octanol–water partition coefficient (Wildman–Crippen LogP) is 1.78. The highest BCUT2D eigenvalue weighted by Gasteiger charge is 2.16. The minimum atomic E-state index is 0.699. The lowest BCUT2D eigenvalue weighted by Gasteiger charge is -2.34. The van der Waals surface area contributed by atoms with Crippen molar-refractivity contribution in [1.29, 1.82) is 0 Å². The zero-order valence-corrected chi connectivity index (χ0v) is 10.9. The highest BCUT2D eigenvalue weighted by atomic mass is 16.1. The fourth-order valence-corrected chi connectivity index (χ4v) is 2.41. The number of carbonyl (C=O) groups is 1.